The second kappa shape index (κ2) is 5.80. The normalized spacial score (nSPS) is 27.3. The number of carbonyl (C=O) groups excluding carboxylic acids is 1. The van der Waals surface area contributed by atoms with Crippen molar-refractivity contribution in [1.29, 1.82) is 0 Å². The third-order valence-corrected chi connectivity index (χ3v) is 5.56. The molecule has 5 heteroatoms. The van der Waals surface area contributed by atoms with Crippen LogP contribution in [0.2, 0.25) is 0 Å². The van der Waals surface area contributed by atoms with Crippen molar-refractivity contribution in [3.63, 3.8) is 0 Å². The number of aryl methyl sites for hydroxylation is 2. The van der Waals surface area contributed by atoms with E-state index in [0.29, 0.717) is 5.88 Å². The molecule has 3 nitrogen and oxygen atoms in total. The van der Waals surface area contributed by atoms with Crippen molar-refractivity contribution in [1.82, 2.24) is 10.3 Å². The fourth-order valence-corrected chi connectivity index (χ4v) is 3.80. The lowest BCUT2D eigenvalue weighted by molar-refractivity contribution is 0.0876. The lowest BCUT2D eigenvalue weighted by Gasteiger charge is -2.38. The second-order valence-electron chi connectivity index (χ2n) is 5.70. The van der Waals surface area contributed by atoms with Crippen LogP contribution in [-0.2, 0) is 0 Å². The number of halogens is 1. The molecule has 1 aromatic rings. The largest absolute Gasteiger partial charge is 0.345 e. The second-order valence-corrected chi connectivity index (χ2v) is 7.17. The number of hydrogen-bond acceptors (Lipinski definition) is 3. The molecule has 0 atom stereocenters. The molecule has 0 radical (unpaired) electrons. The van der Waals surface area contributed by atoms with Crippen LogP contribution in [0.15, 0.2) is 0 Å². The Kier molecular flexibility index (Phi) is 4.51. The molecule has 1 aliphatic rings. The van der Waals surface area contributed by atoms with Gasteiger partial charge in [0.05, 0.1) is 16.2 Å². The summed E-state index contributed by atoms with van der Waals surface area (Å²) in [6.45, 7) is 6.07. The van der Waals surface area contributed by atoms with Gasteiger partial charge in [0.15, 0.2) is 0 Å². The number of alkyl halides is 1. The van der Waals surface area contributed by atoms with E-state index in [4.69, 9.17) is 11.6 Å². The third-order valence-electron chi connectivity index (χ3n) is 3.98. The van der Waals surface area contributed by atoms with Crippen molar-refractivity contribution in [2.24, 2.45) is 5.92 Å². The first-order valence-electron chi connectivity index (χ1n) is 6.78. The fourth-order valence-electron chi connectivity index (χ4n) is 2.65. The number of rotatable bonds is 3. The van der Waals surface area contributed by atoms with E-state index in [1.807, 2.05) is 13.8 Å². The first-order chi connectivity index (χ1) is 8.96. The molecule has 1 aliphatic carbocycles. The average Bonchev–Trinajstić information content (AvgIpc) is 2.72. The predicted molar refractivity (Wildman–Crippen MR) is 80.1 cm³/mol. The molecule has 0 saturated heterocycles. The molecule has 0 aromatic carbocycles. The van der Waals surface area contributed by atoms with Gasteiger partial charge >= 0.3 is 0 Å². The summed E-state index contributed by atoms with van der Waals surface area (Å²) in [4.78, 5) is 17.4. The van der Waals surface area contributed by atoms with E-state index < -0.39 is 0 Å². The van der Waals surface area contributed by atoms with Crippen molar-refractivity contribution in [2.75, 3.05) is 5.88 Å². The van der Waals surface area contributed by atoms with Crippen LogP contribution in [0, 0.1) is 19.8 Å². The van der Waals surface area contributed by atoms with Crippen molar-refractivity contribution < 1.29 is 4.79 Å². The third kappa shape index (κ3) is 3.29. The van der Waals surface area contributed by atoms with Crippen molar-refractivity contribution in [3.8, 4) is 0 Å². The summed E-state index contributed by atoms with van der Waals surface area (Å²) in [7, 11) is 0. The lowest BCUT2D eigenvalue weighted by Crippen LogP contribution is -2.52. The van der Waals surface area contributed by atoms with Crippen LogP contribution in [0.5, 0.6) is 0 Å². The summed E-state index contributed by atoms with van der Waals surface area (Å²) in [5, 5.41) is 4.10. The fraction of sp³-hybridized carbons (Fsp3) is 0.714. The Morgan fingerprint density at radius 3 is 2.58 bits per heavy atom. The first kappa shape index (κ1) is 14.8. The van der Waals surface area contributed by atoms with Gasteiger partial charge < -0.3 is 5.32 Å². The molecule has 1 fully saturated rings. The summed E-state index contributed by atoms with van der Waals surface area (Å²) in [6.07, 6.45) is 4.21. The predicted octanol–water partition coefficient (Wildman–Crippen LogP) is 3.68. The number of nitrogens with one attached hydrogen (secondary N) is 1. The standard InChI is InChI=1S/C14H21ClN2OS/c1-9-4-6-14(8-15,7-5-9)17-13(18)12-10(2)16-11(3)19-12/h9H,4-8H2,1-3H3,(H,17,18). The van der Waals surface area contributed by atoms with E-state index in [1.54, 1.807) is 0 Å². The Morgan fingerprint density at radius 2 is 2.11 bits per heavy atom. The van der Waals surface area contributed by atoms with E-state index >= 15 is 0 Å². The summed E-state index contributed by atoms with van der Waals surface area (Å²) in [5.41, 5.74) is 0.587. The number of carbonyl (C=O) groups is 1. The van der Waals surface area contributed by atoms with Gasteiger partial charge in [-0.15, -0.1) is 22.9 Å². The minimum absolute atomic E-state index is 0.0155. The van der Waals surface area contributed by atoms with Crippen LogP contribution in [0.3, 0.4) is 0 Å². The van der Waals surface area contributed by atoms with Gasteiger partial charge in [-0.3, -0.25) is 4.79 Å². The van der Waals surface area contributed by atoms with Crippen LogP contribution < -0.4 is 5.32 Å². The molecule has 0 unspecified atom stereocenters. The maximum absolute atomic E-state index is 12.4. The van der Waals surface area contributed by atoms with Gasteiger partial charge in [-0.25, -0.2) is 4.98 Å². The zero-order valence-electron chi connectivity index (χ0n) is 11.8. The quantitative estimate of drug-likeness (QED) is 0.865. The first-order valence-corrected chi connectivity index (χ1v) is 8.13. The van der Waals surface area contributed by atoms with E-state index in [2.05, 4.69) is 17.2 Å². The maximum Gasteiger partial charge on any atom is 0.263 e. The highest BCUT2D eigenvalue weighted by Crippen LogP contribution is 2.33. The zero-order chi connectivity index (χ0) is 14.0. The molecule has 0 bridgehead atoms. The highest BCUT2D eigenvalue weighted by atomic mass is 35.5. The highest BCUT2D eigenvalue weighted by Gasteiger charge is 2.35. The van der Waals surface area contributed by atoms with Gasteiger partial charge in [0.25, 0.3) is 5.91 Å². The molecule has 2 rings (SSSR count). The molecular formula is C14H21ClN2OS. The Balaban J connectivity index is 2.10. The molecule has 1 amide bonds. The van der Waals surface area contributed by atoms with Gasteiger partial charge in [-0.1, -0.05) is 6.92 Å². The topological polar surface area (TPSA) is 42.0 Å². The van der Waals surface area contributed by atoms with E-state index in [9.17, 15) is 4.79 Å². The molecule has 0 spiro atoms. The van der Waals surface area contributed by atoms with Crippen LogP contribution in [0.25, 0.3) is 0 Å². The molecule has 1 aromatic heterocycles. The van der Waals surface area contributed by atoms with Crippen LogP contribution in [-0.4, -0.2) is 22.3 Å². The minimum atomic E-state index is -0.227. The number of nitrogens with zero attached hydrogens (tertiary/aromatic N) is 1. The van der Waals surface area contributed by atoms with Crippen LogP contribution in [0.1, 0.15) is 53.0 Å². The average molecular weight is 301 g/mol. The Hall–Kier alpha value is -0.610. The summed E-state index contributed by atoms with van der Waals surface area (Å²) in [5.74, 6) is 1.21. The molecule has 106 valence electrons. The molecule has 1 heterocycles. The number of hydrogen-bond donors (Lipinski definition) is 1. The van der Waals surface area contributed by atoms with Crippen molar-refractivity contribution in [3.05, 3.63) is 15.6 Å². The van der Waals surface area contributed by atoms with Crippen LogP contribution >= 0.6 is 22.9 Å². The number of thiazole rings is 1. The maximum atomic E-state index is 12.4. The Labute approximate surface area is 123 Å². The molecular weight excluding hydrogens is 280 g/mol. The van der Waals surface area contributed by atoms with Crippen molar-refractivity contribution in [2.45, 2.75) is 52.0 Å². The zero-order valence-corrected chi connectivity index (χ0v) is 13.3. The number of amides is 1. The molecule has 19 heavy (non-hydrogen) atoms. The Morgan fingerprint density at radius 1 is 1.47 bits per heavy atom. The lowest BCUT2D eigenvalue weighted by atomic mass is 9.78. The Bertz CT molecular complexity index is 464. The smallest absolute Gasteiger partial charge is 0.263 e. The monoisotopic (exact) mass is 300 g/mol. The van der Waals surface area contributed by atoms with Gasteiger partial charge in [0.2, 0.25) is 0 Å². The van der Waals surface area contributed by atoms with Gasteiger partial charge in [0, 0.05) is 5.88 Å². The summed E-state index contributed by atoms with van der Waals surface area (Å²) >= 11 is 7.59. The van der Waals surface area contributed by atoms with Gasteiger partial charge in [-0.05, 0) is 45.4 Å². The summed E-state index contributed by atoms with van der Waals surface area (Å²) in [6, 6.07) is 0. The molecule has 0 aliphatic heterocycles. The van der Waals surface area contributed by atoms with E-state index in [1.165, 1.54) is 11.3 Å². The minimum Gasteiger partial charge on any atom is -0.345 e. The number of aromatic nitrogens is 1. The summed E-state index contributed by atoms with van der Waals surface area (Å²) < 4.78 is 0. The highest BCUT2D eigenvalue weighted by molar-refractivity contribution is 7.13. The van der Waals surface area contributed by atoms with Gasteiger partial charge in [0.1, 0.15) is 4.88 Å². The van der Waals surface area contributed by atoms with E-state index in [0.717, 1.165) is 47.2 Å². The molecule has 1 saturated carbocycles. The van der Waals surface area contributed by atoms with Gasteiger partial charge in [-0.2, -0.15) is 0 Å². The molecule has 1 N–H and O–H groups in total. The van der Waals surface area contributed by atoms with Crippen LogP contribution in [0.4, 0.5) is 0 Å². The van der Waals surface area contributed by atoms with E-state index in [-0.39, 0.29) is 11.4 Å². The van der Waals surface area contributed by atoms with Crippen molar-refractivity contribution >= 4 is 28.8 Å². The SMILES string of the molecule is Cc1nc(C)c(C(=O)NC2(CCl)CCC(C)CC2)s1.